The lowest BCUT2D eigenvalue weighted by molar-refractivity contribution is -0.303. The Morgan fingerprint density at radius 3 is 2.80 bits per heavy atom. The number of hydrogen-bond acceptors (Lipinski definition) is 3. The zero-order valence-corrected chi connectivity index (χ0v) is 15.3. The van der Waals surface area contributed by atoms with Gasteiger partial charge in [0.15, 0.2) is 0 Å². The molecule has 0 aromatic carbocycles. The Morgan fingerprint density at radius 2 is 2.24 bits per heavy atom. The average molecular weight is 366 g/mol. The van der Waals surface area contributed by atoms with Crippen LogP contribution < -0.4 is 0 Å². The number of thioether (sulfide) groups is 1. The third-order valence-corrected chi connectivity index (χ3v) is 6.58. The molecule has 3 radical (unpaired) electrons. The van der Waals surface area contributed by atoms with Crippen LogP contribution in [0.2, 0.25) is 10.5 Å². The van der Waals surface area contributed by atoms with Crippen LogP contribution in [0.25, 0.3) is 0 Å². The fourth-order valence-electron chi connectivity index (χ4n) is 4.33. The standard InChI is InChI=1S/C17H21B2F3NOS/c1-4-12(24-17(20,21)22)10-13-11(2)25-9-7-15(13)16(18,19-15)14-6-5-8-23(14)3/h4,10,14H,2,5-9H2,1,3H3/b12-4+,13-10+/t14-,15?,16?/m1/s1. The molecule has 8 heteroatoms. The molecule has 3 aliphatic heterocycles. The van der Waals surface area contributed by atoms with Crippen molar-refractivity contribution in [1.29, 1.82) is 0 Å². The second kappa shape index (κ2) is 6.45. The lowest BCUT2D eigenvalue weighted by Gasteiger charge is -2.38. The summed E-state index contributed by atoms with van der Waals surface area (Å²) in [6.07, 6.45) is 0.995. The van der Waals surface area contributed by atoms with Gasteiger partial charge in [-0.25, -0.2) is 0 Å². The van der Waals surface area contributed by atoms with Crippen molar-refractivity contribution in [1.82, 2.24) is 4.90 Å². The largest absolute Gasteiger partial charge is 0.573 e. The van der Waals surface area contributed by atoms with E-state index >= 15 is 0 Å². The van der Waals surface area contributed by atoms with Crippen molar-refractivity contribution in [2.24, 2.45) is 0 Å². The predicted molar refractivity (Wildman–Crippen MR) is 97.7 cm³/mol. The number of alkyl halides is 3. The van der Waals surface area contributed by atoms with Gasteiger partial charge in [0.05, 0.1) is 7.85 Å². The lowest BCUT2D eigenvalue weighted by atomic mass is 9.64. The van der Waals surface area contributed by atoms with E-state index in [0.29, 0.717) is 0 Å². The lowest BCUT2D eigenvalue weighted by Crippen LogP contribution is -2.33. The number of likely N-dealkylation sites (tertiary alicyclic amines) is 1. The first-order valence-electron chi connectivity index (χ1n) is 8.45. The Morgan fingerprint density at radius 1 is 1.52 bits per heavy atom. The van der Waals surface area contributed by atoms with Crippen molar-refractivity contribution in [3.63, 3.8) is 0 Å². The number of ether oxygens (including phenoxy) is 1. The molecule has 3 aliphatic rings. The second-order valence-electron chi connectivity index (χ2n) is 7.01. The summed E-state index contributed by atoms with van der Waals surface area (Å²) in [7, 11) is 11.0. The van der Waals surface area contributed by atoms with Crippen molar-refractivity contribution < 1.29 is 17.9 Å². The third kappa shape index (κ3) is 3.32. The van der Waals surface area contributed by atoms with Crippen LogP contribution in [0.1, 0.15) is 26.2 Å². The maximum Gasteiger partial charge on any atom is 0.573 e. The molecule has 3 rings (SSSR count). The van der Waals surface area contributed by atoms with Crippen LogP contribution in [0.5, 0.6) is 0 Å². The van der Waals surface area contributed by atoms with Crippen molar-refractivity contribution in [3.8, 4) is 0 Å². The van der Waals surface area contributed by atoms with Crippen LogP contribution in [0.4, 0.5) is 13.2 Å². The molecule has 25 heavy (non-hydrogen) atoms. The molecule has 3 saturated heterocycles. The van der Waals surface area contributed by atoms with Gasteiger partial charge in [-0.15, -0.1) is 24.9 Å². The molecule has 133 valence electrons. The Balaban J connectivity index is 1.93. The molecule has 0 saturated carbocycles. The van der Waals surface area contributed by atoms with Crippen molar-refractivity contribution in [2.75, 3.05) is 19.3 Å². The Hall–Kier alpha value is -0.750. The first-order chi connectivity index (χ1) is 11.6. The van der Waals surface area contributed by atoms with Crippen LogP contribution in [-0.4, -0.2) is 51.8 Å². The number of hydrogen-bond donors (Lipinski definition) is 0. The van der Waals surface area contributed by atoms with Gasteiger partial charge in [-0.2, -0.15) is 0 Å². The maximum atomic E-state index is 12.6. The highest BCUT2D eigenvalue weighted by Crippen LogP contribution is 2.79. The fourth-order valence-corrected chi connectivity index (χ4v) is 5.40. The zero-order chi connectivity index (χ0) is 18.5. The molecule has 3 fully saturated rings. The number of nitrogens with zero attached hydrogens (tertiary/aromatic N) is 1. The summed E-state index contributed by atoms with van der Waals surface area (Å²) in [5.74, 6) is 0.654. The Bertz CT molecular complexity index is 636. The molecular formula is C17H21B2F3NOS. The van der Waals surface area contributed by atoms with E-state index in [1.165, 1.54) is 19.1 Å². The Kier molecular flexibility index (Phi) is 4.91. The molecule has 2 nitrogen and oxygen atoms in total. The summed E-state index contributed by atoms with van der Waals surface area (Å²) in [5, 5.41) is -0.938. The minimum absolute atomic E-state index is 0.212. The van der Waals surface area contributed by atoms with E-state index in [1.807, 2.05) is 0 Å². The van der Waals surface area contributed by atoms with Gasteiger partial charge in [0.1, 0.15) is 13.0 Å². The van der Waals surface area contributed by atoms with E-state index in [1.54, 1.807) is 11.8 Å². The first kappa shape index (κ1) is 19.0. The van der Waals surface area contributed by atoms with Gasteiger partial charge in [-0.1, -0.05) is 11.8 Å². The molecule has 0 bridgehead atoms. The van der Waals surface area contributed by atoms with Crippen molar-refractivity contribution in [2.45, 2.75) is 49.1 Å². The maximum absolute atomic E-state index is 12.6. The molecule has 0 amide bonds. The SMILES string of the molecule is [B]C1([C@H]2CCCN2C)[B]C12CCSC(=C)/C2=C\C(=C/C)OC(F)(F)F. The zero-order valence-electron chi connectivity index (χ0n) is 14.5. The topological polar surface area (TPSA) is 12.5 Å². The summed E-state index contributed by atoms with van der Waals surface area (Å²) in [4.78, 5) is 3.04. The van der Waals surface area contributed by atoms with E-state index in [9.17, 15) is 13.2 Å². The summed E-state index contributed by atoms with van der Waals surface area (Å²) in [5.41, 5.74) is 0.768. The predicted octanol–water partition coefficient (Wildman–Crippen LogP) is 4.26. The number of halogens is 3. The van der Waals surface area contributed by atoms with Gasteiger partial charge in [0.2, 0.25) is 0 Å². The minimum Gasteiger partial charge on any atom is -0.406 e. The second-order valence-corrected chi connectivity index (χ2v) is 8.20. The van der Waals surface area contributed by atoms with E-state index in [2.05, 4.69) is 30.5 Å². The minimum atomic E-state index is -4.71. The van der Waals surface area contributed by atoms with Gasteiger partial charge in [0, 0.05) is 10.9 Å². The number of rotatable bonds is 3. The van der Waals surface area contributed by atoms with E-state index in [4.69, 9.17) is 7.85 Å². The van der Waals surface area contributed by atoms with Crippen molar-refractivity contribution in [3.05, 3.63) is 35.0 Å². The highest BCUT2D eigenvalue weighted by Gasteiger charge is 2.70. The molecule has 3 atom stereocenters. The monoisotopic (exact) mass is 366 g/mol. The van der Waals surface area contributed by atoms with Gasteiger partial charge in [0.25, 0.3) is 0 Å². The van der Waals surface area contributed by atoms with E-state index in [0.717, 1.165) is 42.0 Å². The summed E-state index contributed by atoms with van der Waals surface area (Å²) in [6, 6.07) is 0.212. The van der Waals surface area contributed by atoms with Crippen LogP contribution in [0.15, 0.2) is 35.0 Å². The molecule has 2 unspecified atom stereocenters. The molecule has 3 heterocycles. The average Bonchev–Trinajstić information content (AvgIpc) is 2.87. The van der Waals surface area contributed by atoms with Crippen LogP contribution in [0.3, 0.4) is 0 Å². The van der Waals surface area contributed by atoms with Gasteiger partial charge >= 0.3 is 6.36 Å². The third-order valence-electron chi connectivity index (χ3n) is 5.60. The Labute approximate surface area is 153 Å². The molecule has 0 aromatic rings. The smallest absolute Gasteiger partial charge is 0.406 e. The molecular weight excluding hydrogens is 345 g/mol. The van der Waals surface area contributed by atoms with E-state index in [-0.39, 0.29) is 11.8 Å². The fraction of sp³-hybridized carbons (Fsp3) is 0.647. The summed E-state index contributed by atoms with van der Waals surface area (Å²) in [6.45, 7) is 6.60. The summed E-state index contributed by atoms with van der Waals surface area (Å²) < 4.78 is 42.1. The highest BCUT2D eigenvalue weighted by atomic mass is 32.2. The molecule has 0 aliphatic carbocycles. The van der Waals surface area contributed by atoms with Gasteiger partial charge in [-0.3, -0.25) is 0 Å². The van der Waals surface area contributed by atoms with E-state index < -0.39 is 16.9 Å². The van der Waals surface area contributed by atoms with Crippen LogP contribution >= 0.6 is 11.8 Å². The molecule has 0 aromatic heterocycles. The van der Waals surface area contributed by atoms with Crippen molar-refractivity contribution >= 4 is 26.9 Å². The molecule has 1 spiro atoms. The highest BCUT2D eigenvalue weighted by molar-refractivity contribution is 8.03. The van der Waals surface area contributed by atoms with Crippen LogP contribution in [-0.2, 0) is 4.74 Å². The number of allylic oxidation sites excluding steroid dienone is 3. The van der Waals surface area contributed by atoms with Gasteiger partial charge < -0.3 is 9.64 Å². The normalized spacial score (nSPS) is 38.3. The van der Waals surface area contributed by atoms with Crippen LogP contribution in [0, 0.1) is 0 Å². The van der Waals surface area contributed by atoms with Gasteiger partial charge in [-0.05, 0) is 68.6 Å². The quantitative estimate of drug-likeness (QED) is 0.547. The summed E-state index contributed by atoms with van der Waals surface area (Å²) >= 11 is 1.57. The molecule has 0 N–H and O–H groups in total. The first-order valence-corrected chi connectivity index (χ1v) is 9.44.